The maximum absolute atomic E-state index is 13.5. The zero-order chi connectivity index (χ0) is 17.7. The number of halogens is 1. The summed E-state index contributed by atoms with van der Waals surface area (Å²) >= 11 is 0. The minimum Gasteiger partial charge on any atom is -0.495 e. The van der Waals surface area contributed by atoms with Gasteiger partial charge in [0.25, 0.3) is 0 Å². The number of benzene rings is 1. The quantitative estimate of drug-likeness (QED) is 0.827. The first-order chi connectivity index (χ1) is 11.4. The fourth-order valence-electron chi connectivity index (χ4n) is 3.51. The fraction of sp³-hybridized carbons (Fsp3) is 0.556. The number of ether oxygens (including phenoxy) is 1. The van der Waals surface area contributed by atoms with Gasteiger partial charge in [-0.15, -0.1) is 0 Å². The molecule has 1 aliphatic carbocycles. The van der Waals surface area contributed by atoms with Gasteiger partial charge in [-0.05, 0) is 37.8 Å². The van der Waals surface area contributed by atoms with E-state index in [4.69, 9.17) is 4.74 Å². The molecule has 0 radical (unpaired) electrons. The van der Waals surface area contributed by atoms with Crippen LogP contribution in [-0.2, 0) is 9.59 Å². The minimum atomic E-state index is -1.04. The number of carboxylic acid groups (broad SMARTS) is 1. The largest absolute Gasteiger partial charge is 0.495 e. The number of carboxylic acids is 1. The molecule has 132 valence electrons. The lowest BCUT2D eigenvalue weighted by molar-refractivity contribution is -0.145. The first-order valence-electron chi connectivity index (χ1n) is 8.23. The molecule has 0 saturated heterocycles. The highest BCUT2D eigenvalue weighted by molar-refractivity contribution is 5.98. The van der Waals surface area contributed by atoms with Crippen molar-refractivity contribution in [3.8, 4) is 5.75 Å². The number of anilines is 1. The molecule has 5 nitrogen and oxygen atoms in total. The molecule has 1 fully saturated rings. The van der Waals surface area contributed by atoms with Gasteiger partial charge >= 0.3 is 5.97 Å². The molecule has 1 aromatic rings. The van der Waals surface area contributed by atoms with Crippen LogP contribution in [0.5, 0.6) is 5.75 Å². The number of carbonyl (C=O) groups excluding carboxylic acids is 1. The third-order valence-corrected chi connectivity index (χ3v) is 4.95. The predicted octanol–water partition coefficient (Wildman–Crippen LogP) is 3.83. The highest BCUT2D eigenvalue weighted by Gasteiger charge is 2.43. The van der Waals surface area contributed by atoms with E-state index in [0.717, 1.165) is 32.1 Å². The molecule has 24 heavy (non-hydrogen) atoms. The van der Waals surface area contributed by atoms with Gasteiger partial charge in [-0.25, -0.2) is 4.39 Å². The molecule has 0 spiro atoms. The zero-order valence-electron chi connectivity index (χ0n) is 14.1. The third-order valence-electron chi connectivity index (χ3n) is 4.95. The summed E-state index contributed by atoms with van der Waals surface area (Å²) in [7, 11) is 1.43. The monoisotopic (exact) mass is 337 g/mol. The van der Waals surface area contributed by atoms with E-state index in [1.807, 2.05) is 0 Å². The minimum absolute atomic E-state index is 0.00176. The number of nitrogens with one attached hydrogen (secondary N) is 1. The average Bonchev–Trinajstić information content (AvgIpc) is 2.55. The number of amides is 1. The molecular weight excluding hydrogens is 313 g/mol. The average molecular weight is 337 g/mol. The number of aliphatic carboxylic acids is 1. The van der Waals surface area contributed by atoms with Crippen LogP contribution in [0.25, 0.3) is 0 Å². The highest BCUT2D eigenvalue weighted by Crippen LogP contribution is 2.42. The Hall–Kier alpha value is -2.11. The molecule has 2 N–H and O–H groups in total. The molecular formula is C18H24FNO4. The van der Waals surface area contributed by atoms with Crippen LogP contribution in [0, 0.1) is 17.2 Å². The van der Waals surface area contributed by atoms with Gasteiger partial charge in [0.05, 0.1) is 24.6 Å². The summed E-state index contributed by atoms with van der Waals surface area (Å²) in [5.74, 6) is -1.57. The van der Waals surface area contributed by atoms with E-state index >= 15 is 0 Å². The van der Waals surface area contributed by atoms with Gasteiger partial charge in [0.15, 0.2) is 0 Å². The lowest BCUT2D eigenvalue weighted by atomic mass is 9.67. The summed E-state index contributed by atoms with van der Waals surface area (Å²) in [5.41, 5.74) is -0.821. The Labute approximate surface area is 141 Å². The van der Waals surface area contributed by atoms with Gasteiger partial charge in [0.1, 0.15) is 11.6 Å². The van der Waals surface area contributed by atoms with Crippen molar-refractivity contribution >= 4 is 17.6 Å². The van der Waals surface area contributed by atoms with E-state index in [2.05, 4.69) is 5.32 Å². The van der Waals surface area contributed by atoms with E-state index in [-0.39, 0.29) is 18.0 Å². The highest BCUT2D eigenvalue weighted by atomic mass is 19.1. The van der Waals surface area contributed by atoms with E-state index in [9.17, 15) is 19.1 Å². The van der Waals surface area contributed by atoms with Crippen LogP contribution in [0.15, 0.2) is 18.2 Å². The van der Waals surface area contributed by atoms with Crippen molar-refractivity contribution < 1.29 is 23.8 Å². The van der Waals surface area contributed by atoms with Gasteiger partial charge in [-0.3, -0.25) is 9.59 Å². The third kappa shape index (κ3) is 4.04. The van der Waals surface area contributed by atoms with Crippen molar-refractivity contribution in [2.24, 2.45) is 11.3 Å². The summed E-state index contributed by atoms with van der Waals surface area (Å²) < 4.78 is 18.6. The number of carbonyl (C=O) groups is 2. The normalized spacial score (nSPS) is 17.8. The van der Waals surface area contributed by atoms with Crippen molar-refractivity contribution in [1.29, 1.82) is 0 Å². The summed E-state index contributed by atoms with van der Waals surface area (Å²) in [6.45, 7) is 1.69. The van der Waals surface area contributed by atoms with Crippen molar-refractivity contribution in [2.45, 2.75) is 45.4 Å². The van der Waals surface area contributed by atoms with Crippen LogP contribution in [0.2, 0.25) is 0 Å². The first-order valence-corrected chi connectivity index (χ1v) is 8.23. The van der Waals surface area contributed by atoms with Gasteiger partial charge in [0.2, 0.25) is 5.91 Å². The molecule has 1 aromatic carbocycles. The van der Waals surface area contributed by atoms with Gasteiger partial charge in [0, 0.05) is 6.07 Å². The summed E-state index contributed by atoms with van der Waals surface area (Å²) in [5, 5.41) is 12.0. The van der Waals surface area contributed by atoms with E-state index in [1.54, 1.807) is 6.92 Å². The Bertz CT molecular complexity index is 613. The first kappa shape index (κ1) is 18.2. The van der Waals surface area contributed by atoms with E-state index in [0.29, 0.717) is 5.75 Å². The van der Waals surface area contributed by atoms with Crippen LogP contribution in [0.4, 0.5) is 10.1 Å². The second-order valence-electron chi connectivity index (χ2n) is 6.62. The Morgan fingerprint density at radius 3 is 2.58 bits per heavy atom. The van der Waals surface area contributed by atoms with Crippen LogP contribution >= 0.6 is 0 Å². The Kier molecular flexibility index (Phi) is 5.80. The Morgan fingerprint density at radius 2 is 2.00 bits per heavy atom. The van der Waals surface area contributed by atoms with E-state index < -0.39 is 23.1 Å². The lowest BCUT2D eigenvalue weighted by Gasteiger charge is -2.37. The van der Waals surface area contributed by atoms with Crippen molar-refractivity contribution in [3.63, 3.8) is 0 Å². The van der Waals surface area contributed by atoms with Crippen LogP contribution in [0.1, 0.15) is 45.4 Å². The number of hydrogen-bond acceptors (Lipinski definition) is 3. The molecule has 6 heteroatoms. The molecule has 0 bridgehead atoms. The maximum Gasteiger partial charge on any atom is 0.304 e. The second kappa shape index (κ2) is 7.64. The smallest absolute Gasteiger partial charge is 0.304 e. The predicted molar refractivity (Wildman–Crippen MR) is 88.5 cm³/mol. The zero-order valence-corrected chi connectivity index (χ0v) is 14.1. The number of methoxy groups -OCH3 is 1. The summed E-state index contributed by atoms with van der Waals surface area (Å²) in [4.78, 5) is 24.2. The fourth-order valence-corrected chi connectivity index (χ4v) is 3.51. The molecule has 1 saturated carbocycles. The molecule has 0 aliphatic heterocycles. The van der Waals surface area contributed by atoms with E-state index in [1.165, 1.54) is 25.3 Å². The lowest BCUT2D eigenvalue weighted by Crippen LogP contribution is -2.42. The number of hydrogen-bond donors (Lipinski definition) is 2. The molecule has 1 unspecified atom stereocenters. The standard InChI is InChI=1S/C18H24FNO4/c1-18(11-16(21)22,12-6-4-3-5-7-12)17(23)20-14-10-13(19)8-9-15(14)24-2/h8-10,12H,3-7,11H2,1-2H3,(H,20,23)(H,21,22). The topological polar surface area (TPSA) is 75.6 Å². The molecule has 1 atom stereocenters. The van der Waals surface area contributed by atoms with Crippen LogP contribution < -0.4 is 10.1 Å². The van der Waals surface area contributed by atoms with Crippen molar-refractivity contribution in [2.75, 3.05) is 12.4 Å². The van der Waals surface area contributed by atoms with Gasteiger partial charge < -0.3 is 15.2 Å². The molecule has 1 aliphatic rings. The van der Waals surface area contributed by atoms with Crippen molar-refractivity contribution in [1.82, 2.24) is 0 Å². The van der Waals surface area contributed by atoms with Crippen LogP contribution in [0.3, 0.4) is 0 Å². The maximum atomic E-state index is 13.5. The van der Waals surface area contributed by atoms with Crippen molar-refractivity contribution in [3.05, 3.63) is 24.0 Å². The van der Waals surface area contributed by atoms with Gasteiger partial charge in [-0.1, -0.05) is 19.3 Å². The summed E-state index contributed by atoms with van der Waals surface area (Å²) in [6.07, 6.45) is 4.52. The van der Waals surface area contributed by atoms with Crippen LogP contribution in [-0.4, -0.2) is 24.1 Å². The number of rotatable bonds is 6. The Balaban J connectivity index is 2.27. The molecule has 0 heterocycles. The molecule has 2 rings (SSSR count). The molecule has 1 amide bonds. The summed E-state index contributed by atoms with van der Waals surface area (Å²) in [6, 6.07) is 3.85. The Morgan fingerprint density at radius 1 is 1.33 bits per heavy atom. The molecule has 0 aromatic heterocycles. The SMILES string of the molecule is COc1ccc(F)cc1NC(=O)C(C)(CC(=O)O)C1CCCCC1. The van der Waals surface area contributed by atoms with Gasteiger partial charge in [-0.2, -0.15) is 0 Å². The second-order valence-corrected chi connectivity index (χ2v) is 6.62.